The van der Waals surface area contributed by atoms with Crippen LogP contribution in [-0.2, 0) is 24.4 Å². The van der Waals surface area contributed by atoms with Crippen LogP contribution in [0.25, 0.3) is 22.0 Å². The van der Waals surface area contributed by atoms with Crippen molar-refractivity contribution in [2.45, 2.75) is 51.4 Å². The number of amides is 1. The van der Waals surface area contributed by atoms with Gasteiger partial charge >= 0.3 is 12.1 Å². The molecule has 1 amide bonds. The third-order valence-corrected chi connectivity index (χ3v) is 8.27. The number of pyridine rings is 2. The van der Waals surface area contributed by atoms with Crippen LogP contribution in [0.4, 0.5) is 27.6 Å². The summed E-state index contributed by atoms with van der Waals surface area (Å²) in [6.07, 6.45) is -2.25. The molecule has 0 bridgehead atoms. The maximum Gasteiger partial charge on any atom is 0.417 e. The number of anilines is 1. The molecule has 0 spiro atoms. The van der Waals surface area contributed by atoms with Gasteiger partial charge in [-0.05, 0) is 56.5 Å². The molecule has 2 aromatic heterocycles. The number of aryl methyl sites for hydroxylation is 1. The summed E-state index contributed by atoms with van der Waals surface area (Å²) in [4.78, 5) is 44.4. The molecule has 1 aliphatic heterocycles. The van der Waals surface area contributed by atoms with Crippen LogP contribution in [0.1, 0.15) is 46.9 Å². The second-order valence-electron chi connectivity index (χ2n) is 11.1. The summed E-state index contributed by atoms with van der Waals surface area (Å²) >= 11 is 0. The van der Waals surface area contributed by atoms with Crippen LogP contribution in [0.5, 0.6) is 0 Å². The van der Waals surface area contributed by atoms with Gasteiger partial charge in [-0.3, -0.25) is 14.6 Å². The maximum atomic E-state index is 15.0. The van der Waals surface area contributed by atoms with Crippen molar-refractivity contribution in [3.05, 3.63) is 93.0 Å². The second kappa shape index (κ2) is 11.9. The van der Waals surface area contributed by atoms with Crippen molar-refractivity contribution in [1.82, 2.24) is 14.9 Å². The monoisotopic (exact) mass is 628 g/mol. The average molecular weight is 629 g/mol. The number of carbonyl (C=O) groups is 2. The third-order valence-electron chi connectivity index (χ3n) is 8.27. The Kier molecular flexibility index (Phi) is 8.39. The first-order valence-corrected chi connectivity index (χ1v) is 14.1. The number of hydrogen-bond acceptors (Lipinski definition) is 5. The molecule has 45 heavy (non-hydrogen) atoms. The minimum absolute atomic E-state index is 0.000683. The number of alkyl halides is 3. The van der Waals surface area contributed by atoms with Crippen LogP contribution in [0.15, 0.2) is 53.5 Å². The lowest BCUT2D eigenvalue weighted by Gasteiger charge is -2.24. The Balaban J connectivity index is 1.51. The average Bonchev–Trinajstić information content (AvgIpc) is 3.40. The van der Waals surface area contributed by atoms with Crippen LogP contribution in [0, 0.1) is 18.6 Å². The number of carbonyl (C=O) groups excluding carboxylic acids is 1. The minimum Gasteiger partial charge on any atom is -0.480 e. The number of rotatable bonds is 7. The molecule has 2 atom stereocenters. The molecule has 2 N–H and O–H groups in total. The Morgan fingerprint density at radius 3 is 2.42 bits per heavy atom. The van der Waals surface area contributed by atoms with Crippen molar-refractivity contribution in [2.24, 2.45) is 7.05 Å². The summed E-state index contributed by atoms with van der Waals surface area (Å²) in [5.41, 5.74) is -3.09. The molecule has 1 fully saturated rings. The van der Waals surface area contributed by atoms with Crippen molar-refractivity contribution < 1.29 is 36.6 Å². The highest BCUT2D eigenvalue weighted by molar-refractivity contribution is 5.99. The summed E-state index contributed by atoms with van der Waals surface area (Å²) in [7, 11) is 1.34. The van der Waals surface area contributed by atoms with Gasteiger partial charge in [0.25, 0.3) is 11.5 Å². The summed E-state index contributed by atoms with van der Waals surface area (Å²) in [5, 5.41) is 12.3. The normalized spacial score (nSPS) is 15.8. The standard InChI is InChI=1S/C32H29F5N4O4/c1-16-6-5-11-41(16)19-14-23(33)27(24(34)15-19)29(42)39-25(31(44)45)13-18-8-9-21(28-20(18)7-4-10-38-28)26-22(32(35,36)37)12-17(2)40(3)30(26)43/h4,7-10,12,14-16,25H,5-6,11,13H2,1-3H3,(H,39,42)(H,44,45)/t16-,25-/m0/s1. The topological polar surface area (TPSA) is 105 Å². The first kappa shape index (κ1) is 31.6. The van der Waals surface area contributed by atoms with Gasteiger partial charge in [0.2, 0.25) is 0 Å². The van der Waals surface area contributed by atoms with Gasteiger partial charge in [-0.2, -0.15) is 13.2 Å². The van der Waals surface area contributed by atoms with E-state index in [0.29, 0.717) is 6.54 Å². The molecule has 13 heteroatoms. The zero-order valence-electron chi connectivity index (χ0n) is 24.5. The largest absolute Gasteiger partial charge is 0.480 e. The lowest BCUT2D eigenvalue weighted by molar-refractivity contribution is -0.139. The summed E-state index contributed by atoms with van der Waals surface area (Å²) in [6.45, 7) is 3.90. The van der Waals surface area contributed by atoms with E-state index in [9.17, 15) is 32.7 Å². The van der Waals surface area contributed by atoms with Crippen molar-refractivity contribution in [3.8, 4) is 11.1 Å². The number of carboxylic acid groups (broad SMARTS) is 1. The zero-order valence-corrected chi connectivity index (χ0v) is 24.5. The van der Waals surface area contributed by atoms with Gasteiger partial charge in [0, 0.05) is 54.6 Å². The SMILES string of the molecule is Cc1cc(C(F)(F)F)c(-c2ccc(C[C@H](NC(=O)c3c(F)cc(N4CCC[C@@H]4C)cc3F)C(=O)O)c3cccnc23)c(=O)n1C. The van der Waals surface area contributed by atoms with Gasteiger partial charge in [-0.25, -0.2) is 13.6 Å². The number of hydrogen-bond donors (Lipinski definition) is 2. The van der Waals surface area contributed by atoms with Gasteiger partial charge in [0.05, 0.1) is 16.6 Å². The number of halogens is 5. The van der Waals surface area contributed by atoms with Gasteiger partial charge < -0.3 is 19.9 Å². The molecule has 3 heterocycles. The van der Waals surface area contributed by atoms with Gasteiger partial charge in [-0.1, -0.05) is 18.2 Å². The lowest BCUT2D eigenvalue weighted by atomic mass is 9.93. The van der Waals surface area contributed by atoms with E-state index in [4.69, 9.17) is 0 Å². The summed E-state index contributed by atoms with van der Waals surface area (Å²) in [6, 6.07) is 6.88. The molecule has 1 aliphatic rings. The van der Waals surface area contributed by atoms with E-state index in [0.717, 1.165) is 35.6 Å². The Bertz CT molecular complexity index is 1870. The van der Waals surface area contributed by atoms with Crippen LogP contribution in [0.2, 0.25) is 0 Å². The molecule has 0 saturated carbocycles. The Morgan fingerprint density at radius 1 is 1.13 bits per heavy atom. The number of benzene rings is 2. The molecule has 2 aromatic carbocycles. The van der Waals surface area contributed by atoms with Gasteiger partial charge in [-0.15, -0.1) is 0 Å². The van der Waals surface area contributed by atoms with Crippen LogP contribution >= 0.6 is 0 Å². The fourth-order valence-electron chi connectivity index (χ4n) is 5.83. The Labute approximate surface area is 254 Å². The van der Waals surface area contributed by atoms with Crippen LogP contribution in [0.3, 0.4) is 0 Å². The number of aliphatic carboxylic acids is 1. The highest BCUT2D eigenvalue weighted by Gasteiger charge is 2.37. The van der Waals surface area contributed by atoms with E-state index in [1.54, 1.807) is 0 Å². The molecular weight excluding hydrogens is 599 g/mol. The second-order valence-corrected chi connectivity index (χ2v) is 11.1. The third kappa shape index (κ3) is 5.98. The van der Waals surface area contributed by atoms with E-state index in [2.05, 4.69) is 10.3 Å². The van der Waals surface area contributed by atoms with Crippen molar-refractivity contribution in [3.63, 3.8) is 0 Å². The van der Waals surface area contributed by atoms with Crippen LogP contribution < -0.4 is 15.8 Å². The number of aromatic nitrogens is 2. The van der Waals surface area contributed by atoms with Crippen molar-refractivity contribution >= 4 is 28.5 Å². The Morgan fingerprint density at radius 2 is 1.82 bits per heavy atom. The van der Waals surface area contributed by atoms with Crippen LogP contribution in [-0.4, -0.2) is 45.2 Å². The molecule has 4 aromatic rings. The molecule has 0 aliphatic carbocycles. The van der Waals surface area contributed by atoms with E-state index < -0.39 is 64.4 Å². The molecular formula is C32H29F5N4O4. The van der Waals surface area contributed by atoms with E-state index in [1.807, 2.05) is 11.8 Å². The number of nitrogens with zero attached hydrogens (tertiary/aromatic N) is 3. The van der Waals surface area contributed by atoms with E-state index >= 15 is 8.78 Å². The number of fused-ring (bicyclic) bond motifs is 1. The van der Waals surface area contributed by atoms with E-state index in [-0.39, 0.29) is 39.5 Å². The fourth-order valence-corrected chi connectivity index (χ4v) is 5.83. The highest BCUT2D eigenvalue weighted by atomic mass is 19.4. The first-order valence-electron chi connectivity index (χ1n) is 14.1. The first-order chi connectivity index (χ1) is 21.2. The lowest BCUT2D eigenvalue weighted by Crippen LogP contribution is -2.43. The fraction of sp³-hybridized carbons (Fsp3) is 0.312. The van der Waals surface area contributed by atoms with Crippen molar-refractivity contribution in [2.75, 3.05) is 11.4 Å². The molecule has 1 saturated heterocycles. The van der Waals surface area contributed by atoms with E-state index in [1.165, 1.54) is 44.4 Å². The molecule has 8 nitrogen and oxygen atoms in total. The Hall–Kier alpha value is -4.81. The summed E-state index contributed by atoms with van der Waals surface area (Å²) < 4.78 is 73.4. The number of nitrogens with one attached hydrogen (secondary N) is 1. The predicted octanol–water partition coefficient (Wildman–Crippen LogP) is 5.62. The maximum absolute atomic E-state index is 15.0. The zero-order chi connectivity index (χ0) is 32.8. The highest BCUT2D eigenvalue weighted by Crippen LogP contribution is 2.38. The smallest absolute Gasteiger partial charge is 0.417 e. The quantitative estimate of drug-likeness (QED) is 0.258. The summed E-state index contributed by atoms with van der Waals surface area (Å²) in [5.74, 6) is -5.09. The van der Waals surface area contributed by atoms with Crippen molar-refractivity contribution in [1.29, 1.82) is 0 Å². The minimum atomic E-state index is -4.86. The molecule has 0 radical (unpaired) electrons. The van der Waals surface area contributed by atoms with Gasteiger partial charge in [0.15, 0.2) is 0 Å². The number of carboxylic acids is 1. The molecule has 5 rings (SSSR count). The molecule has 0 unspecified atom stereocenters. The predicted molar refractivity (Wildman–Crippen MR) is 157 cm³/mol. The molecule has 236 valence electrons. The van der Waals surface area contributed by atoms with Gasteiger partial charge in [0.1, 0.15) is 23.2 Å².